The number of hydrogen-bond donors (Lipinski definition) is 1. The molecule has 2 N–H and O–H groups in total. The van der Waals surface area contributed by atoms with Gasteiger partial charge >= 0.3 is 0 Å². The first-order valence-corrected chi connectivity index (χ1v) is 5.60. The summed E-state index contributed by atoms with van der Waals surface area (Å²) >= 11 is 3.41. The Kier molecular flexibility index (Phi) is 4.44. The zero-order valence-electron chi connectivity index (χ0n) is 9.83. The molecule has 0 amide bonds. The molecule has 16 heavy (non-hydrogen) atoms. The van der Waals surface area contributed by atoms with Gasteiger partial charge in [0.1, 0.15) is 0 Å². The predicted molar refractivity (Wildman–Crippen MR) is 66.4 cm³/mol. The minimum absolute atomic E-state index is 0.147. The van der Waals surface area contributed by atoms with Crippen LogP contribution in [0.3, 0.4) is 0 Å². The third-order valence-electron chi connectivity index (χ3n) is 2.28. The molecule has 0 fully saturated rings. The van der Waals surface area contributed by atoms with Crippen LogP contribution >= 0.6 is 15.9 Å². The fourth-order valence-corrected chi connectivity index (χ4v) is 2.12. The van der Waals surface area contributed by atoms with Gasteiger partial charge in [0.15, 0.2) is 11.5 Å². The molecule has 0 aromatic heterocycles. The predicted octanol–water partition coefficient (Wildman–Crippen LogP) is 2.49. The molecule has 0 saturated heterocycles. The summed E-state index contributed by atoms with van der Waals surface area (Å²) in [6, 6.07) is 1.73. The number of ether oxygens (including phenoxy) is 3. The summed E-state index contributed by atoms with van der Waals surface area (Å²) in [6.07, 6.45) is 0. The molecule has 0 spiro atoms. The second-order valence-electron chi connectivity index (χ2n) is 3.34. The molecular weight excluding hydrogens is 274 g/mol. The lowest BCUT2D eigenvalue weighted by atomic mass is 10.1. The number of methoxy groups -OCH3 is 3. The average molecular weight is 290 g/mol. The molecule has 0 heterocycles. The summed E-state index contributed by atoms with van der Waals surface area (Å²) in [7, 11) is 4.72. The van der Waals surface area contributed by atoms with Gasteiger partial charge in [0, 0.05) is 11.6 Å². The van der Waals surface area contributed by atoms with E-state index >= 15 is 0 Å². The van der Waals surface area contributed by atoms with Gasteiger partial charge in [0.2, 0.25) is 5.75 Å². The van der Waals surface area contributed by atoms with E-state index in [0.29, 0.717) is 17.2 Å². The number of rotatable bonds is 4. The first-order valence-electron chi connectivity index (χ1n) is 4.80. The Labute approximate surface area is 104 Å². The van der Waals surface area contributed by atoms with Gasteiger partial charge in [-0.2, -0.15) is 0 Å². The lowest BCUT2D eigenvalue weighted by molar-refractivity contribution is 0.320. The van der Waals surface area contributed by atoms with Crippen LogP contribution in [0.2, 0.25) is 0 Å². The van der Waals surface area contributed by atoms with Gasteiger partial charge in [0.05, 0.1) is 25.8 Å². The summed E-state index contributed by atoms with van der Waals surface area (Å²) in [6.45, 7) is 1.89. The molecule has 0 bridgehead atoms. The van der Waals surface area contributed by atoms with E-state index in [1.54, 1.807) is 21.3 Å². The Morgan fingerprint density at radius 2 is 1.56 bits per heavy atom. The molecule has 0 radical (unpaired) electrons. The number of hydrogen-bond acceptors (Lipinski definition) is 4. The standard InChI is InChI=1S/C11H16BrNO3/c1-6(13)7-5-8(12)10(15-3)11(16-4)9(7)14-2/h5-6H,13H2,1-4H3. The topological polar surface area (TPSA) is 53.7 Å². The molecule has 90 valence electrons. The molecule has 1 unspecified atom stereocenters. The van der Waals surface area contributed by atoms with E-state index in [-0.39, 0.29) is 6.04 Å². The third-order valence-corrected chi connectivity index (χ3v) is 2.87. The van der Waals surface area contributed by atoms with Crippen molar-refractivity contribution in [2.75, 3.05) is 21.3 Å². The molecule has 1 atom stereocenters. The minimum Gasteiger partial charge on any atom is -0.492 e. The van der Waals surface area contributed by atoms with Gasteiger partial charge < -0.3 is 19.9 Å². The molecule has 0 aliphatic rings. The van der Waals surface area contributed by atoms with Crippen LogP contribution < -0.4 is 19.9 Å². The lowest BCUT2D eigenvalue weighted by Gasteiger charge is -2.18. The zero-order valence-corrected chi connectivity index (χ0v) is 11.4. The van der Waals surface area contributed by atoms with Crippen molar-refractivity contribution < 1.29 is 14.2 Å². The highest BCUT2D eigenvalue weighted by molar-refractivity contribution is 9.10. The molecule has 0 saturated carbocycles. The van der Waals surface area contributed by atoms with Crippen LogP contribution in [-0.2, 0) is 0 Å². The fourth-order valence-electron chi connectivity index (χ4n) is 1.53. The summed E-state index contributed by atoms with van der Waals surface area (Å²) in [5, 5.41) is 0. The van der Waals surface area contributed by atoms with Crippen molar-refractivity contribution >= 4 is 15.9 Å². The van der Waals surface area contributed by atoms with Crippen LogP contribution in [0.15, 0.2) is 10.5 Å². The smallest absolute Gasteiger partial charge is 0.204 e. The van der Waals surface area contributed by atoms with Crippen LogP contribution in [0, 0.1) is 0 Å². The molecule has 1 aromatic carbocycles. The molecule has 5 heteroatoms. The van der Waals surface area contributed by atoms with Crippen LogP contribution in [0.4, 0.5) is 0 Å². The Morgan fingerprint density at radius 3 is 1.94 bits per heavy atom. The molecule has 1 aromatic rings. The van der Waals surface area contributed by atoms with Crippen LogP contribution in [0.5, 0.6) is 17.2 Å². The van der Waals surface area contributed by atoms with Crippen molar-refractivity contribution in [3.05, 3.63) is 16.1 Å². The lowest BCUT2D eigenvalue weighted by Crippen LogP contribution is -2.08. The highest BCUT2D eigenvalue weighted by Gasteiger charge is 2.21. The van der Waals surface area contributed by atoms with E-state index in [1.807, 2.05) is 13.0 Å². The maximum atomic E-state index is 5.88. The van der Waals surface area contributed by atoms with Crippen molar-refractivity contribution in [1.29, 1.82) is 0 Å². The van der Waals surface area contributed by atoms with E-state index in [9.17, 15) is 0 Å². The van der Waals surface area contributed by atoms with Crippen molar-refractivity contribution in [2.24, 2.45) is 5.73 Å². The largest absolute Gasteiger partial charge is 0.492 e. The van der Waals surface area contributed by atoms with Crippen molar-refractivity contribution in [2.45, 2.75) is 13.0 Å². The SMILES string of the molecule is COc1c(Br)cc(C(C)N)c(OC)c1OC. The maximum absolute atomic E-state index is 5.88. The molecular formula is C11H16BrNO3. The van der Waals surface area contributed by atoms with Gasteiger partial charge in [-0.3, -0.25) is 0 Å². The van der Waals surface area contributed by atoms with Crippen molar-refractivity contribution in [1.82, 2.24) is 0 Å². The first kappa shape index (κ1) is 13.1. The first-order chi connectivity index (χ1) is 7.56. The van der Waals surface area contributed by atoms with Crippen LogP contribution in [-0.4, -0.2) is 21.3 Å². The zero-order chi connectivity index (χ0) is 12.3. The Hall–Kier alpha value is -0.940. The Bertz CT molecular complexity index is 380. The Balaban J connectivity index is 3.50. The summed E-state index contributed by atoms with van der Waals surface area (Å²) < 4.78 is 16.7. The summed E-state index contributed by atoms with van der Waals surface area (Å²) in [5.41, 5.74) is 6.74. The van der Waals surface area contributed by atoms with Gasteiger partial charge in [0.25, 0.3) is 0 Å². The number of halogens is 1. The fraction of sp³-hybridized carbons (Fsp3) is 0.455. The highest BCUT2D eigenvalue weighted by atomic mass is 79.9. The second-order valence-corrected chi connectivity index (χ2v) is 4.19. The Morgan fingerprint density at radius 1 is 1.06 bits per heavy atom. The molecule has 1 rings (SSSR count). The van der Waals surface area contributed by atoms with Crippen LogP contribution in [0.1, 0.15) is 18.5 Å². The quantitative estimate of drug-likeness (QED) is 0.925. The van der Waals surface area contributed by atoms with E-state index in [4.69, 9.17) is 19.9 Å². The minimum atomic E-state index is -0.147. The van der Waals surface area contributed by atoms with Gasteiger partial charge in [-0.15, -0.1) is 0 Å². The van der Waals surface area contributed by atoms with Crippen molar-refractivity contribution in [3.63, 3.8) is 0 Å². The van der Waals surface area contributed by atoms with E-state index < -0.39 is 0 Å². The average Bonchev–Trinajstić information content (AvgIpc) is 2.27. The maximum Gasteiger partial charge on any atom is 0.204 e. The molecule has 4 nitrogen and oxygen atoms in total. The van der Waals surface area contributed by atoms with Crippen LogP contribution in [0.25, 0.3) is 0 Å². The van der Waals surface area contributed by atoms with Gasteiger partial charge in [-0.1, -0.05) is 0 Å². The molecule has 0 aliphatic carbocycles. The monoisotopic (exact) mass is 289 g/mol. The van der Waals surface area contributed by atoms with Crippen molar-refractivity contribution in [3.8, 4) is 17.2 Å². The van der Waals surface area contributed by atoms with E-state index in [2.05, 4.69) is 15.9 Å². The second kappa shape index (κ2) is 5.41. The summed E-state index contributed by atoms with van der Waals surface area (Å²) in [4.78, 5) is 0. The summed E-state index contributed by atoms with van der Waals surface area (Å²) in [5.74, 6) is 1.76. The normalized spacial score (nSPS) is 12.1. The van der Waals surface area contributed by atoms with Gasteiger partial charge in [-0.25, -0.2) is 0 Å². The highest BCUT2D eigenvalue weighted by Crippen LogP contribution is 2.46. The molecule has 0 aliphatic heterocycles. The van der Waals surface area contributed by atoms with E-state index in [0.717, 1.165) is 10.0 Å². The third kappa shape index (κ3) is 2.25. The van der Waals surface area contributed by atoms with Gasteiger partial charge in [-0.05, 0) is 28.9 Å². The number of nitrogens with two attached hydrogens (primary N) is 1. The van der Waals surface area contributed by atoms with E-state index in [1.165, 1.54) is 0 Å². The number of benzene rings is 1.